The van der Waals surface area contributed by atoms with Crippen LogP contribution in [0.25, 0.3) is 0 Å². The van der Waals surface area contributed by atoms with E-state index in [4.69, 9.17) is 0 Å². The molecule has 1 amide bonds. The van der Waals surface area contributed by atoms with Crippen molar-refractivity contribution >= 4 is 27.5 Å². The lowest BCUT2D eigenvalue weighted by Gasteiger charge is -2.27. The van der Waals surface area contributed by atoms with Gasteiger partial charge >= 0.3 is 0 Å². The van der Waals surface area contributed by atoms with Gasteiger partial charge in [0.1, 0.15) is 0 Å². The molecule has 0 spiro atoms. The lowest BCUT2D eigenvalue weighted by Crippen LogP contribution is -2.43. The monoisotopic (exact) mass is 379 g/mol. The second kappa shape index (κ2) is 7.67. The molecule has 1 unspecified atom stereocenters. The molecule has 0 aliphatic carbocycles. The molecule has 2 saturated heterocycles. The fourth-order valence-electron chi connectivity index (χ4n) is 3.65. The lowest BCUT2D eigenvalue weighted by atomic mass is 9.92. The average molecular weight is 380 g/mol. The highest BCUT2D eigenvalue weighted by Gasteiger charge is 2.27. The van der Waals surface area contributed by atoms with Gasteiger partial charge in [-0.1, -0.05) is 15.9 Å². The zero-order valence-electron chi connectivity index (χ0n) is 13.7. The van der Waals surface area contributed by atoms with Crippen LogP contribution < -0.4 is 15.5 Å². The minimum Gasteiger partial charge on any atom is -0.371 e. The van der Waals surface area contributed by atoms with E-state index in [1.165, 1.54) is 5.69 Å². The van der Waals surface area contributed by atoms with Gasteiger partial charge in [0.2, 0.25) is 5.91 Å². The predicted octanol–water partition coefficient (Wildman–Crippen LogP) is 2.78. The van der Waals surface area contributed by atoms with Crippen molar-refractivity contribution in [2.24, 2.45) is 11.8 Å². The van der Waals surface area contributed by atoms with E-state index >= 15 is 0 Å². The fraction of sp³-hybridized carbons (Fsp3) is 0.611. The van der Waals surface area contributed by atoms with E-state index in [1.807, 2.05) is 0 Å². The Balaban J connectivity index is 1.45. The van der Waals surface area contributed by atoms with E-state index in [2.05, 4.69) is 62.7 Å². The molecular weight excluding hydrogens is 354 g/mol. The van der Waals surface area contributed by atoms with Gasteiger partial charge in [-0.15, -0.1) is 0 Å². The average Bonchev–Trinajstić information content (AvgIpc) is 3.02. The molecule has 0 saturated carbocycles. The first-order chi connectivity index (χ1) is 11.1. The quantitative estimate of drug-likeness (QED) is 0.845. The third-order valence-electron chi connectivity index (χ3n) is 5.04. The SMILES string of the molecule is C[C@H]1C[C@@H](C(=O)NCC2CCN(c3ccc(Br)cc3)C2)CCN1. The maximum Gasteiger partial charge on any atom is 0.223 e. The highest BCUT2D eigenvalue weighted by molar-refractivity contribution is 9.10. The predicted molar refractivity (Wildman–Crippen MR) is 97.7 cm³/mol. The van der Waals surface area contributed by atoms with Gasteiger partial charge in [-0.05, 0) is 62.9 Å². The summed E-state index contributed by atoms with van der Waals surface area (Å²) in [6.07, 6.45) is 3.08. The molecule has 0 radical (unpaired) electrons. The van der Waals surface area contributed by atoms with Crippen molar-refractivity contribution in [1.29, 1.82) is 0 Å². The fourth-order valence-corrected chi connectivity index (χ4v) is 3.91. The van der Waals surface area contributed by atoms with Gasteiger partial charge in [0.25, 0.3) is 0 Å². The van der Waals surface area contributed by atoms with E-state index in [-0.39, 0.29) is 11.8 Å². The van der Waals surface area contributed by atoms with Gasteiger partial charge in [0.05, 0.1) is 0 Å². The number of piperidine rings is 1. The summed E-state index contributed by atoms with van der Waals surface area (Å²) in [6, 6.07) is 8.94. The number of carbonyl (C=O) groups excluding carboxylic acids is 1. The number of nitrogens with zero attached hydrogens (tertiary/aromatic N) is 1. The van der Waals surface area contributed by atoms with Crippen molar-refractivity contribution in [3.05, 3.63) is 28.7 Å². The van der Waals surface area contributed by atoms with Crippen molar-refractivity contribution in [3.63, 3.8) is 0 Å². The van der Waals surface area contributed by atoms with Crippen LogP contribution in [0.1, 0.15) is 26.2 Å². The summed E-state index contributed by atoms with van der Waals surface area (Å²) in [5, 5.41) is 6.60. The highest BCUT2D eigenvalue weighted by Crippen LogP contribution is 2.25. The summed E-state index contributed by atoms with van der Waals surface area (Å²) >= 11 is 3.48. The molecule has 1 aromatic carbocycles. The van der Waals surface area contributed by atoms with Crippen molar-refractivity contribution in [2.45, 2.75) is 32.2 Å². The summed E-state index contributed by atoms with van der Waals surface area (Å²) in [7, 11) is 0. The van der Waals surface area contributed by atoms with Crippen LogP contribution in [-0.2, 0) is 4.79 Å². The Kier molecular flexibility index (Phi) is 5.59. The molecule has 0 aromatic heterocycles. The number of nitrogens with one attached hydrogen (secondary N) is 2. The zero-order chi connectivity index (χ0) is 16.2. The number of amides is 1. The summed E-state index contributed by atoms with van der Waals surface area (Å²) < 4.78 is 1.11. The molecule has 2 heterocycles. The van der Waals surface area contributed by atoms with E-state index in [0.29, 0.717) is 12.0 Å². The standard InChI is InChI=1S/C18H26BrN3O/c1-13-10-15(6-8-20-13)18(23)21-11-14-7-9-22(12-14)17-4-2-16(19)3-5-17/h2-5,13-15,20H,6-12H2,1H3,(H,21,23)/t13-,14?,15-/m0/s1. The smallest absolute Gasteiger partial charge is 0.223 e. The van der Waals surface area contributed by atoms with Crippen LogP contribution in [0.2, 0.25) is 0 Å². The molecule has 5 heteroatoms. The van der Waals surface area contributed by atoms with Gasteiger partial charge < -0.3 is 15.5 Å². The van der Waals surface area contributed by atoms with E-state index in [0.717, 1.165) is 49.9 Å². The number of benzene rings is 1. The molecule has 23 heavy (non-hydrogen) atoms. The number of anilines is 1. The van der Waals surface area contributed by atoms with Gasteiger partial charge in [-0.25, -0.2) is 0 Å². The molecule has 1 aromatic rings. The van der Waals surface area contributed by atoms with Gasteiger partial charge in [0, 0.05) is 41.8 Å². The van der Waals surface area contributed by atoms with Crippen molar-refractivity contribution < 1.29 is 4.79 Å². The molecule has 3 atom stereocenters. The number of rotatable bonds is 4. The molecule has 126 valence electrons. The zero-order valence-corrected chi connectivity index (χ0v) is 15.3. The molecule has 2 aliphatic rings. The van der Waals surface area contributed by atoms with Crippen LogP contribution in [0.4, 0.5) is 5.69 Å². The van der Waals surface area contributed by atoms with Crippen LogP contribution in [0.5, 0.6) is 0 Å². The van der Waals surface area contributed by atoms with Crippen LogP contribution in [0.15, 0.2) is 28.7 Å². The van der Waals surface area contributed by atoms with Crippen LogP contribution in [0.3, 0.4) is 0 Å². The molecule has 2 aliphatic heterocycles. The summed E-state index contributed by atoms with van der Waals surface area (Å²) in [5.74, 6) is 0.998. The first-order valence-corrected chi connectivity index (χ1v) is 9.42. The van der Waals surface area contributed by atoms with E-state index in [9.17, 15) is 4.79 Å². The Bertz CT molecular complexity index is 534. The van der Waals surface area contributed by atoms with Crippen LogP contribution in [0, 0.1) is 11.8 Å². The first-order valence-electron chi connectivity index (χ1n) is 8.63. The molecule has 0 bridgehead atoms. The Morgan fingerprint density at radius 1 is 1.35 bits per heavy atom. The minimum absolute atomic E-state index is 0.190. The molecule has 2 N–H and O–H groups in total. The van der Waals surface area contributed by atoms with E-state index in [1.54, 1.807) is 0 Å². The second-order valence-corrected chi connectivity index (χ2v) is 7.81. The van der Waals surface area contributed by atoms with Crippen LogP contribution in [-0.4, -0.2) is 38.1 Å². The summed E-state index contributed by atoms with van der Waals surface area (Å²) in [5.41, 5.74) is 1.27. The maximum atomic E-state index is 12.3. The number of halogens is 1. The number of hydrogen-bond donors (Lipinski definition) is 2. The van der Waals surface area contributed by atoms with E-state index < -0.39 is 0 Å². The molecule has 4 nitrogen and oxygen atoms in total. The van der Waals surface area contributed by atoms with Crippen molar-refractivity contribution in [3.8, 4) is 0 Å². The highest BCUT2D eigenvalue weighted by atomic mass is 79.9. The normalized spacial score (nSPS) is 27.9. The third kappa shape index (κ3) is 4.48. The molecular formula is C18H26BrN3O. The second-order valence-electron chi connectivity index (χ2n) is 6.90. The summed E-state index contributed by atoms with van der Waals surface area (Å²) in [4.78, 5) is 14.7. The lowest BCUT2D eigenvalue weighted by molar-refractivity contribution is -0.126. The van der Waals surface area contributed by atoms with Gasteiger partial charge in [0.15, 0.2) is 0 Å². The van der Waals surface area contributed by atoms with Crippen molar-refractivity contribution in [1.82, 2.24) is 10.6 Å². The minimum atomic E-state index is 0.190. The molecule has 3 rings (SSSR count). The maximum absolute atomic E-state index is 12.3. The summed E-state index contributed by atoms with van der Waals surface area (Å²) in [6.45, 7) is 6.04. The Hall–Kier alpha value is -1.07. The number of hydrogen-bond acceptors (Lipinski definition) is 3. The van der Waals surface area contributed by atoms with Gasteiger partial charge in [-0.2, -0.15) is 0 Å². The third-order valence-corrected chi connectivity index (χ3v) is 5.57. The molecule has 2 fully saturated rings. The largest absolute Gasteiger partial charge is 0.371 e. The van der Waals surface area contributed by atoms with Gasteiger partial charge in [-0.3, -0.25) is 4.79 Å². The number of carbonyl (C=O) groups is 1. The van der Waals surface area contributed by atoms with Crippen molar-refractivity contribution in [2.75, 3.05) is 31.1 Å². The first kappa shape index (κ1) is 16.8. The van der Waals surface area contributed by atoms with Crippen LogP contribution >= 0.6 is 15.9 Å². The Morgan fingerprint density at radius 2 is 2.13 bits per heavy atom. The Labute approximate surface area is 147 Å². The topological polar surface area (TPSA) is 44.4 Å². The Morgan fingerprint density at radius 3 is 2.87 bits per heavy atom.